The van der Waals surface area contributed by atoms with Crippen molar-refractivity contribution >= 4 is 21.8 Å². The molecule has 1 atom stereocenters. The number of hydrogen-bond donors (Lipinski definition) is 3. The van der Waals surface area contributed by atoms with E-state index in [0.29, 0.717) is 6.42 Å². The molecule has 0 aliphatic carbocycles. The van der Waals surface area contributed by atoms with E-state index in [-0.39, 0.29) is 18.7 Å². The van der Waals surface area contributed by atoms with E-state index in [4.69, 9.17) is 5.11 Å². The quantitative estimate of drug-likeness (QED) is 0.542. The lowest BCUT2D eigenvalue weighted by Gasteiger charge is -2.12. The minimum Gasteiger partial charge on any atom is -0.480 e. The number of carbonyl (C=O) groups is 2. The van der Waals surface area contributed by atoms with Gasteiger partial charge in [-0.1, -0.05) is 6.92 Å². The molecule has 0 heterocycles. The van der Waals surface area contributed by atoms with Gasteiger partial charge < -0.3 is 15.7 Å². The number of hydrogen-bond acceptors (Lipinski definition) is 4. The van der Waals surface area contributed by atoms with Gasteiger partial charge in [0.05, 0.1) is 5.75 Å². The summed E-state index contributed by atoms with van der Waals surface area (Å²) in [6.45, 7) is 1.83. The van der Waals surface area contributed by atoms with E-state index in [0.717, 1.165) is 6.26 Å². The van der Waals surface area contributed by atoms with Gasteiger partial charge in [0.2, 0.25) is 0 Å². The number of rotatable bonds is 7. The fourth-order valence-electron chi connectivity index (χ4n) is 1.08. The van der Waals surface area contributed by atoms with Gasteiger partial charge in [-0.2, -0.15) is 0 Å². The largest absolute Gasteiger partial charge is 0.480 e. The summed E-state index contributed by atoms with van der Waals surface area (Å²) < 4.78 is 21.6. The molecule has 0 aliphatic heterocycles. The predicted molar refractivity (Wildman–Crippen MR) is 62.6 cm³/mol. The van der Waals surface area contributed by atoms with Crippen LogP contribution in [-0.2, 0) is 14.6 Å². The van der Waals surface area contributed by atoms with Crippen LogP contribution in [0.4, 0.5) is 4.79 Å². The van der Waals surface area contributed by atoms with Crippen molar-refractivity contribution in [2.45, 2.75) is 25.8 Å². The molecule has 17 heavy (non-hydrogen) atoms. The number of nitrogens with one attached hydrogen (secondary N) is 2. The third-order valence-electron chi connectivity index (χ3n) is 1.99. The van der Waals surface area contributed by atoms with Gasteiger partial charge in [-0.05, 0) is 12.8 Å². The van der Waals surface area contributed by atoms with Crippen LogP contribution in [-0.4, -0.2) is 50.1 Å². The van der Waals surface area contributed by atoms with Crippen molar-refractivity contribution in [1.29, 1.82) is 0 Å². The first-order chi connectivity index (χ1) is 7.76. The molecule has 0 radical (unpaired) electrons. The van der Waals surface area contributed by atoms with Gasteiger partial charge in [-0.15, -0.1) is 0 Å². The van der Waals surface area contributed by atoms with Crippen LogP contribution in [0.1, 0.15) is 19.8 Å². The average molecular weight is 266 g/mol. The number of sulfone groups is 1. The highest BCUT2D eigenvalue weighted by atomic mass is 32.2. The highest BCUT2D eigenvalue weighted by Gasteiger charge is 2.16. The van der Waals surface area contributed by atoms with Gasteiger partial charge in [0.25, 0.3) is 0 Å². The number of carboxylic acids is 1. The summed E-state index contributed by atoms with van der Waals surface area (Å²) in [5, 5.41) is 13.3. The molecule has 0 fully saturated rings. The molecule has 0 saturated carbocycles. The summed E-state index contributed by atoms with van der Waals surface area (Å²) >= 11 is 0. The first-order valence-electron chi connectivity index (χ1n) is 5.21. The fourth-order valence-corrected chi connectivity index (χ4v) is 1.75. The molecule has 3 N–H and O–H groups in total. The third-order valence-corrected chi connectivity index (χ3v) is 3.02. The van der Waals surface area contributed by atoms with Crippen LogP contribution in [0, 0.1) is 0 Å². The second-order valence-electron chi connectivity index (χ2n) is 3.68. The maximum absolute atomic E-state index is 11.2. The standard InChI is InChI=1S/C9H18N2O5S/c1-3-7(8(12)13)11-9(14)10-5-4-6-17(2,15)16/h7H,3-6H2,1-2H3,(H,12,13)(H2,10,11,14). The first-order valence-corrected chi connectivity index (χ1v) is 7.27. The molecule has 7 nitrogen and oxygen atoms in total. The van der Waals surface area contributed by atoms with Crippen molar-refractivity contribution in [3.8, 4) is 0 Å². The Hall–Kier alpha value is -1.31. The fraction of sp³-hybridized carbons (Fsp3) is 0.778. The second-order valence-corrected chi connectivity index (χ2v) is 5.94. The van der Waals surface area contributed by atoms with E-state index in [1.54, 1.807) is 6.92 Å². The minimum absolute atomic E-state index is 0.0105. The Morgan fingerprint density at radius 3 is 2.35 bits per heavy atom. The highest BCUT2D eigenvalue weighted by Crippen LogP contribution is 1.91. The molecule has 0 rings (SSSR count). The molecule has 0 bridgehead atoms. The van der Waals surface area contributed by atoms with Crippen molar-refractivity contribution in [3.05, 3.63) is 0 Å². The zero-order valence-electron chi connectivity index (χ0n) is 9.89. The number of urea groups is 1. The highest BCUT2D eigenvalue weighted by molar-refractivity contribution is 7.90. The lowest BCUT2D eigenvalue weighted by Crippen LogP contribution is -2.46. The van der Waals surface area contributed by atoms with Gasteiger partial charge in [-0.25, -0.2) is 18.0 Å². The van der Waals surface area contributed by atoms with Crippen LogP contribution in [0.3, 0.4) is 0 Å². The summed E-state index contributed by atoms with van der Waals surface area (Å²) in [4.78, 5) is 21.8. The maximum Gasteiger partial charge on any atom is 0.326 e. The average Bonchev–Trinajstić information content (AvgIpc) is 2.19. The smallest absolute Gasteiger partial charge is 0.326 e. The number of carboxylic acid groups (broad SMARTS) is 1. The summed E-state index contributed by atoms with van der Waals surface area (Å²) in [5.41, 5.74) is 0. The lowest BCUT2D eigenvalue weighted by molar-refractivity contribution is -0.139. The van der Waals surface area contributed by atoms with Crippen molar-refractivity contribution in [3.63, 3.8) is 0 Å². The van der Waals surface area contributed by atoms with E-state index in [1.807, 2.05) is 0 Å². The Morgan fingerprint density at radius 2 is 1.94 bits per heavy atom. The summed E-state index contributed by atoms with van der Waals surface area (Å²) in [5.74, 6) is -1.11. The molecule has 0 saturated heterocycles. The van der Waals surface area contributed by atoms with Gasteiger partial charge in [-0.3, -0.25) is 0 Å². The van der Waals surface area contributed by atoms with Gasteiger partial charge in [0.15, 0.2) is 0 Å². The number of amides is 2. The van der Waals surface area contributed by atoms with E-state index < -0.39 is 27.9 Å². The Kier molecular flexibility index (Phi) is 6.55. The molecular formula is C9H18N2O5S. The normalized spacial score (nSPS) is 12.8. The molecule has 8 heteroatoms. The summed E-state index contributed by atoms with van der Waals surface area (Å²) in [6, 6.07) is -1.53. The van der Waals surface area contributed by atoms with Crippen LogP contribution in [0.2, 0.25) is 0 Å². The summed E-state index contributed by atoms with van der Waals surface area (Å²) in [6.07, 6.45) is 1.70. The Labute approximate surface area is 101 Å². The number of aliphatic carboxylic acids is 1. The molecule has 0 aromatic carbocycles. The van der Waals surface area contributed by atoms with Crippen molar-refractivity contribution in [1.82, 2.24) is 10.6 Å². The molecule has 0 spiro atoms. The molecule has 2 amide bonds. The Bertz CT molecular complexity index is 366. The lowest BCUT2D eigenvalue weighted by atomic mass is 10.2. The van der Waals surface area contributed by atoms with Gasteiger partial charge >= 0.3 is 12.0 Å². The van der Waals surface area contributed by atoms with Crippen LogP contribution in [0.15, 0.2) is 0 Å². The number of carbonyl (C=O) groups excluding carboxylic acids is 1. The zero-order chi connectivity index (χ0) is 13.5. The Balaban J connectivity index is 3.84. The first kappa shape index (κ1) is 15.7. The second kappa shape index (κ2) is 7.10. The molecular weight excluding hydrogens is 248 g/mol. The molecule has 0 aliphatic rings. The minimum atomic E-state index is -3.03. The Morgan fingerprint density at radius 1 is 1.35 bits per heavy atom. The molecule has 1 unspecified atom stereocenters. The van der Waals surface area contributed by atoms with Crippen LogP contribution >= 0.6 is 0 Å². The summed E-state index contributed by atoms with van der Waals surface area (Å²) in [7, 11) is -3.03. The molecule has 0 aromatic heterocycles. The van der Waals surface area contributed by atoms with Gasteiger partial charge in [0.1, 0.15) is 15.9 Å². The van der Waals surface area contributed by atoms with Crippen molar-refractivity contribution in [2.75, 3.05) is 18.6 Å². The van der Waals surface area contributed by atoms with Crippen molar-refractivity contribution in [2.24, 2.45) is 0 Å². The van der Waals surface area contributed by atoms with E-state index in [2.05, 4.69) is 10.6 Å². The maximum atomic E-state index is 11.2. The zero-order valence-corrected chi connectivity index (χ0v) is 10.7. The van der Waals surface area contributed by atoms with Crippen molar-refractivity contribution < 1.29 is 23.1 Å². The SMILES string of the molecule is CCC(NC(=O)NCCCS(C)(=O)=O)C(=O)O. The van der Waals surface area contributed by atoms with E-state index >= 15 is 0 Å². The van der Waals surface area contributed by atoms with Gasteiger partial charge in [0, 0.05) is 12.8 Å². The topological polar surface area (TPSA) is 113 Å². The molecule has 0 aromatic rings. The van der Waals surface area contributed by atoms with Crippen LogP contribution in [0.5, 0.6) is 0 Å². The van der Waals surface area contributed by atoms with E-state index in [1.165, 1.54) is 0 Å². The monoisotopic (exact) mass is 266 g/mol. The van der Waals surface area contributed by atoms with Crippen LogP contribution in [0.25, 0.3) is 0 Å². The van der Waals surface area contributed by atoms with Crippen LogP contribution < -0.4 is 10.6 Å². The van der Waals surface area contributed by atoms with E-state index in [9.17, 15) is 18.0 Å². The third kappa shape index (κ3) is 8.49. The molecule has 100 valence electrons. The predicted octanol–water partition coefficient (Wildman–Crippen LogP) is -0.416.